The van der Waals surface area contributed by atoms with Crippen molar-refractivity contribution >= 4 is 0 Å². The minimum absolute atomic E-state index is 0.539. The van der Waals surface area contributed by atoms with Crippen LogP contribution in [0.4, 0.5) is 0 Å². The Morgan fingerprint density at radius 3 is 2.27 bits per heavy atom. The first-order valence-corrected chi connectivity index (χ1v) is 4.79. The van der Waals surface area contributed by atoms with Gasteiger partial charge >= 0.3 is 0 Å². The van der Waals surface area contributed by atoms with Crippen LogP contribution < -0.4 is 5.32 Å². The van der Waals surface area contributed by atoms with Crippen LogP contribution in [0.3, 0.4) is 0 Å². The summed E-state index contributed by atoms with van der Waals surface area (Å²) in [4.78, 5) is 0. The summed E-state index contributed by atoms with van der Waals surface area (Å²) in [5, 5.41) is 3.31. The van der Waals surface area contributed by atoms with Gasteiger partial charge in [-0.3, -0.25) is 0 Å². The van der Waals surface area contributed by atoms with Crippen molar-refractivity contribution in [3.8, 4) is 0 Å². The maximum absolute atomic E-state index is 3.31. The molecule has 1 aliphatic heterocycles. The lowest BCUT2D eigenvalue weighted by Crippen LogP contribution is -2.41. The van der Waals surface area contributed by atoms with Crippen molar-refractivity contribution in [1.82, 2.24) is 5.32 Å². The summed E-state index contributed by atoms with van der Waals surface area (Å²) in [6.07, 6.45) is 4.23. The second kappa shape index (κ2) is 3.57. The van der Waals surface area contributed by atoms with Crippen molar-refractivity contribution in [2.24, 2.45) is 11.3 Å². The molecule has 0 amide bonds. The van der Waals surface area contributed by atoms with Gasteiger partial charge in [0.25, 0.3) is 0 Å². The Morgan fingerprint density at radius 1 is 1.27 bits per heavy atom. The molecule has 1 heteroatoms. The van der Waals surface area contributed by atoms with Crippen LogP contribution in [0.25, 0.3) is 0 Å². The number of hydrogen-bond acceptors (Lipinski definition) is 1. The van der Waals surface area contributed by atoms with E-state index in [1.54, 1.807) is 0 Å². The minimum Gasteiger partial charge on any atom is -0.316 e. The van der Waals surface area contributed by atoms with Gasteiger partial charge in [-0.1, -0.05) is 27.2 Å². The van der Waals surface area contributed by atoms with E-state index in [9.17, 15) is 0 Å². The summed E-state index contributed by atoms with van der Waals surface area (Å²) in [6, 6.07) is 0. The highest BCUT2D eigenvalue weighted by molar-refractivity contribution is 4.75. The van der Waals surface area contributed by atoms with Crippen LogP contribution >= 0.6 is 0 Å². The van der Waals surface area contributed by atoms with Crippen LogP contribution in [0, 0.1) is 11.3 Å². The van der Waals surface area contributed by atoms with Gasteiger partial charge in [0.05, 0.1) is 0 Å². The lowest BCUT2D eigenvalue weighted by molar-refractivity contribution is 0.286. The number of nitrogens with one attached hydrogen (secondary N) is 1. The first kappa shape index (κ1) is 9.05. The fourth-order valence-electron chi connectivity index (χ4n) is 1.47. The van der Waals surface area contributed by atoms with Crippen LogP contribution in [0.5, 0.6) is 0 Å². The molecule has 1 aliphatic rings. The molecule has 0 aromatic rings. The second-order valence-corrected chi connectivity index (χ2v) is 4.98. The molecule has 0 bridgehead atoms. The largest absolute Gasteiger partial charge is 0.316 e. The average Bonchev–Trinajstić information content (AvgIpc) is 1.73. The molecule has 1 rings (SSSR count). The topological polar surface area (TPSA) is 12.0 Å². The third-order valence-corrected chi connectivity index (χ3v) is 2.41. The first-order valence-electron chi connectivity index (χ1n) is 4.79. The predicted octanol–water partition coefficient (Wildman–Crippen LogP) is 2.42. The third-order valence-electron chi connectivity index (χ3n) is 2.41. The van der Waals surface area contributed by atoms with Gasteiger partial charge in [0.15, 0.2) is 0 Å². The Hall–Kier alpha value is -0.0400. The summed E-state index contributed by atoms with van der Waals surface area (Å²) in [5.41, 5.74) is 0.539. The van der Waals surface area contributed by atoms with Gasteiger partial charge in [-0.15, -0.1) is 0 Å². The maximum Gasteiger partial charge on any atom is -0.000826 e. The molecule has 1 saturated heterocycles. The molecule has 1 nitrogen and oxygen atoms in total. The van der Waals surface area contributed by atoms with Crippen LogP contribution in [0.2, 0.25) is 0 Å². The second-order valence-electron chi connectivity index (χ2n) is 4.98. The summed E-state index contributed by atoms with van der Waals surface area (Å²) in [5.74, 6) is 0.998. The zero-order valence-corrected chi connectivity index (χ0v) is 8.11. The van der Waals surface area contributed by atoms with Crippen molar-refractivity contribution < 1.29 is 0 Å². The van der Waals surface area contributed by atoms with Crippen molar-refractivity contribution in [2.45, 2.75) is 40.0 Å². The molecule has 0 atom stereocenters. The SMILES string of the molecule is CC(C)(C)CCCC1CNC1. The fourth-order valence-corrected chi connectivity index (χ4v) is 1.47. The van der Waals surface area contributed by atoms with E-state index in [-0.39, 0.29) is 0 Å². The van der Waals surface area contributed by atoms with Crippen molar-refractivity contribution in [2.75, 3.05) is 13.1 Å². The van der Waals surface area contributed by atoms with Gasteiger partial charge in [-0.05, 0) is 37.3 Å². The maximum atomic E-state index is 3.31. The summed E-state index contributed by atoms with van der Waals surface area (Å²) in [6.45, 7) is 9.51. The normalized spacial score (nSPS) is 19.9. The molecule has 0 spiro atoms. The van der Waals surface area contributed by atoms with Gasteiger partial charge in [0, 0.05) is 0 Å². The van der Waals surface area contributed by atoms with Gasteiger partial charge in [0.2, 0.25) is 0 Å². The molecule has 1 N–H and O–H groups in total. The zero-order valence-electron chi connectivity index (χ0n) is 8.11. The van der Waals surface area contributed by atoms with E-state index < -0.39 is 0 Å². The standard InChI is InChI=1S/C10H21N/c1-10(2,3)6-4-5-9-7-11-8-9/h9,11H,4-8H2,1-3H3. The molecule has 0 aromatic carbocycles. The Balaban J connectivity index is 1.95. The Bertz CT molecular complexity index is 109. The smallest absolute Gasteiger partial charge is 0.000826 e. The molecule has 0 unspecified atom stereocenters. The molecule has 0 aliphatic carbocycles. The van der Waals surface area contributed by atoms with Crippen LogP contribution in [-0.2, 0) is 0 Å². The van der Waals surface area contributed by atoms with Crippen LogP contribution in [0.1, 0.15) is 40.0 Å². The molecule has 11 heavy (non-hydrogen) atoms. The first-order chi connectivity index (χ1) is 5.08. The van der Waals surface area contributed by atoms with Crippen LogP contribution in [0.15, 0.2) is 0 Å². The molecule has 0 saturated carbocycles. The predicted molar refractivity (Wildman–Crippen MR) is 49.7 cm³/mol. The van der Waals surface area contributed by atoms with Crippen molar-refractivity contribution in [3.05, 3.63) is 0 Å². The summed E-state index contributed by atoms with van der Waals surface area (Å²) in [7, 11) is 0. The Labute approximate surface area is 70.6 Å². The van der Waals surface area contributed by atoms with Crippen molar-refractivity contribution in [1.29, 1.82) is 0 Å². The molecular weight excluding hydrogens is 134 g/mol. The molecule has 0 aromatic heterocycles. The lowest BCUT2D eigenvalue weighted by Gasteiger charge is -2.28. The molecule has 0 radical (unpaired) electrons. The highest BCUT2D eigenvalue weighted by atomic mass is 14.9. The average molecular weight is 155 g/mol. The van der Waals surface area contributed by atoms with Gasteiger partial charge < -0.3 is 5.32 Å². The fraction of sp³-hybridized carbons (Fsp3) is 1.00. The van der Waals surface area contributed by atoms with E-state index in [2.05, 4.69) is 26.1 Å². The molecule has 1 fully saturated rings. The molecule has 66 valence electrons. The highest BCUT2D eigenvalue weighted by Crippen LogP contribution is 2.23. The number of rotatable bonds is 3. The third kappa shape index (κ3) is 3.76. The summed E-state index contributed by atoms with van der Waals surface area (Å²) >= 11 is 0. The molecule has 1 heterocycles. The highest BCUT2D eigenvalue weighted by Gasteiger charge is 2.17. The van der Waals surface area contributed by atoms with E-state index in [4.69, 9.17) is 0 Å². The van der Waals surface area contributed by atoms with E-state index >= 15 is 0 Å². The summed E-state index contributed by atoms with van der Waals surface area (Å²) < 4.78 is 0. The van der Waals surface area contributed by atoms with Gasteiger partial charge in [-0.25, -0.2) is 0 Å². The van der Waals surface area contributed by atoms with Gasteiger partial charge in [0.1, 0.15) is 0 Å². The van der Waals surface area contributed by atoms with E-state index in [0.717, 1.165) is 5.92 Å². The van der Waals surface area contributed by atoms with E-state index in [1.807, 2.05) is 0 Å². The number of hydrogen-bond donors (Lipinski definition) is 1. The molecular formula is C10H21N. The lowest BCUT2D eigenvalue weighted by atomic mass is 9.87. The monoisotopic (exact) mass is 155 g/mol. The van der Waals surface area contributed by atoms with Crippen LogP contribution in [-0.4, -0.2) is 13.1 Å². The quantitative estimate of drug-likeness (QED) is 0.660. The van der Waals surface area contributed by atoms with E-state index in [1.165, 1.54) is 32.4 Å². The Morgan fingerprint density at radius 2 is 1.91 bits per heavy atom. The zero-order chi connectivity index (χ0) is 8.32. The van der Waals surface area contributed by atoms with E-state index in [0.29, 0.717) is 5.41 Å². The minimum atomic E-state index is 0.539. The van der Waals surface area contributed by atoms with Gasteiger partial charge in [-0.2, -0.15) is 0 Å². The van der Waals surface area contributed by atoms with Crippen molar-refractivity contribution in [3.63, 3.8) is 0 Å². The Kier molecular flexibility index (Phi) is 2.94.